The average molecular weight is 336 g/mol. The lowest BCUT2D eigenvalue weighted by Gasteiger charge is -2.12. The molecule has 128 valence electrons. The number of carbonyl (C=O) groups is 1. The van der Waals surface area contributed by atoms with Gasteiger partial charge in [-0.25, -0.2) is 0 Å². The Bertz CT molecular complexity index is 941. The van der Waals surface area contributed by atoms with Gasteiger partial charge >= 0.3 is 5.97 Å². The molecule has 4 nitrogen and oxygen atoms in total. The van der Waals surface area contributed by atoms with Crippen molar-refractivity contribution in [2.45, 2.75) is 26.2 Å². The van der Waals surface area contributed by atoms with E-state index in [0.717, 1.165) is 17.5 Å². The van der Waals surface area contributed by atoms with E-state index in [-0.39, 0.29) is 11.4 Å². The molecule has 0 aliphatic carbocycles. The van der Waals surface area contributed by atoms with Crippen molar-refractivity contribution in [3.63, 3.8) is 0 Å². The molecule has 1 aromatic heterocycles. The third-order valence-corrected chi connectivity index (χ3v) is 4.11. The molecule has 0 N–H and O–H groups in total. The third kappa shape index (κ3) is 3.63. The molecule has 0 aliphatic heterocycles. The van der Waals surface area contributed by atoms with E-state index < -0.39 is 5.92 Å². The molecule has 3 aromatic rings. The predicted octanol–water partition coefficient (Wildman–Crippen LogP) is 4.52. The highest BCUT2D eigenvalue weighted by Gasteiger charge is 2.18. The van der Waals surface area contributed by atoms with Gasteiger partial charge in [-0.05, 0) is 31.0 Å². The monoisotopic (exact) mass is 336 g/mol. The van der Waals surface area contributed by atoms with Crippen molar-refractivity contribution in [3.8, 4) is 11.3 Å². The molecular weight excluding hydrogens is 316 g/mol. The van der Waals surface area contributed by atoms with Crippen LogP contribution in [0.2, 0.25) is 0 Å². The van der Waals surface area contributed by atoms with Crippen LogP contribution in [0.15, 0.2) is 63.8 Å². The van der Waals surface area contributed by atoms with E-state index >= 15 is 0 Å². The Hall–Kier alpha value is -2.88. The van der Waals surface area contributed by atoms with Gasteiger partial charge in [-0.2, -0.15) is 0 Å². The molecule has 0 bridgehead atoms. The molecule has 0 aliphatic rings. The lowest BCUT2D eigenvalue weighted by molar-refractivity contribution is -0.145. The number of hydrogen-bond acceptors (Lipinski definition) is 4. The molecule has 3 rings (SSSR count). The van der Waals surface area contributed by atoms with Gasteiger partial charge in [0.1, 0.15) is 11.3 Å². The molecule has 25 heavy (non-hydrogen) atoms. The van der Waals surface area contributed by atoms with E-state index in [9.17, 15) is 9.59 Å². The van der Waals surface area contributed by atoms with Crippen molar-refractivity contribution in [3.05, 3.63) is 70.4 Å². The molecule has 0 saturated carbocycles. The number of fused-ring (bicyclic) bond motifs is 1. The van der Waals surface area contributed by atoms with E-state index in [4.69, 9.17) is 9.15 Å². The van der Waals surface area contributed by atoms with E-state index in [1.807, 2.05) is 37.3 Å². The summed E-state index contributed by atoms with van der Waals surface area (Å²) in [4.78, 5) is 24.6. The number of rotatable bonds is 5. The normalized spacial score (nSPS) is 12.1. The van der Waals surface area contributed by atoms with Crippen LogP contribution in [0.25, 0.3) is 22.3 Å². The predicted molar refractivity (Wildman–Crippen MR) is 97.6 cm³/mol. The number of hydrogen-bond donors (Lipinski definition) is 0. The quantitative estimate of drug-likeness (QED) is 0.643. The van der Waals surface area contributed by atoms with Crippen molar-refractivity contribution < 1.29 is 13.9 Å². The zero-order valence-electron chi connectivity index (χ0n) is 14.3. The zero-order chi connectivity index (χ0) is 17.8. The maximum atomic E-state index is 12.5. The molecule has 0 amide bonds. The lowest BCUT2D eigenvalue weighted by Crippen LogP contribution is -2.14. The van der Waals surface area contributed by atoms with Gasteiger partial charge in [0.05, 0.1) is 17.9 Å². The minimum Gasteiger partial charge on any atom is -0.465 e. The second-order valence-corrected chi connectivity index (χ2v) is 5.99. The summed E-state index contributed by atoms with van der Waals surface area (Å²) < 4.78 is 11.1. The lowest BCUT2D eigenvalue weighted by atomic mass is 9.99. The number of ether oxygens (including phenoxy) is 1. The van der Waals surface area contributed by atoms with Gasteiger partial charge in [0.2, 0.25) is 0 Å². The smallest absolute Gasteiger partial charge is 0.313 e. The van der Waals surface area contributed by atoms with Gasteiger partial charge in [0.15, 0.2) is 5.43 Å². The molecular formula is C21H20O4. The van der Waals surface area contributed by atoms with E-state index in [1.165, 1.54) is 6.07 Å². The zero-order valence-corrected chi connectivity index (χ0v) is 14.3. The fraction of sp³-hybridized carbons (Fsp3) is 0.238. The summed E-state index contributed by atoms with van der Waals surface area (Å²) in [7, 11) is 0. The van der Waals surface area contributed by atoms with Crippen molar-refractivity contribution in [1.29, 1.82) is 0 Å². The van der Waals surface area contributed by atoms with Crippen LogP contribution in [0.1, 0.15) is 31.7 Å². The third-order valence-electron chi connectivity index (χ3n) is 4.11. The first kappa shape index (κ1) is 17.0. The van der Waals surface area contributed by atoms with Gasteiger partial charge in [-0.3, -0.25) is 9.59 Å². The van der Waals surface area contributed by atoms with Crippen molar-refractivity contribution in [1.82, 2.24) is 0 Å². The average Bonchev–Trinajstić information content (AvgIpc) is 2.66. The summed E-state index contributed by atoms with van der Waals surface area (Å²) in [6.45, 7) is 4.13. The Morgan fingerprint density at radius 3 is 2.60 bits per heavy atom. The first-order valence-corrected chi connectivity index (χ1v) is 8.40. The van der Waals surface area contributed by atoms with Crippen LogP contribution < -0.4 is 5.43 Å². The summed E-state index contributed by atoms with van der Waals surface area (Å²) in [5.74, 6) is -0.183. The van der Waals surface area contributed by atoms with E-state index in [0.29, 0.717) is 23.3 Å². The van der Waals surface area contributed by atoms with Gasteiger partial charge in [0.25, 0.3) is 0 Å². The van der Waals surface area contributed by atoms with Crippen LogP contribution in [0.3, 0.4) is 0 Å². The minimum absolute atomic E-state index is 0.129. The van der Waals surface area contributed by atoms with Crippen LogP contribution in [-0.4, -0.2) is 12.6 Å². The highest BCUT2D eigenvalue weighted by Crippen LogP contribution is 2.25. The Labute approximate surface area is 146 Å². The summed E-state index contributed by atoms with van der Waals surface area (Å²) >= 11 is 0. The molecule has 4 heteroatoms. The molecule has 1 unspecified atom stereocenters. The Morgan fingerprint density at radius 2 is 1.88 bits per heavy atom. The highest BCUT2D eigenvalue weighted by atomic mass is 16.5. The number of carbonyl (C=O) groups excluding carboxylic acids is 1. The summed E-state index contributed by atoms with van der Waals surface area (Å²) in [6, 6.07) is 16.2. The highest BCUT2D eigenvalue weighted by molar-refractivity contribution is 5.83. The largest absolute Gasteiger partial charge is 0.465 e. The molecule has 0 saturated heterocycles. The molecule has 0 fully saturated rings. The topological polar surface area (TPSA) is 56.5 Å². The summed E-state index contributed by atoms with van der Waals surface area (Å²) in [5, 5.41) is 0.465. The number of benzene rings is 2. The Kier molecular flexibility index (Phi) is 4.98. The van der Waals surface area contributed by atoms with Crippen LogP contribution in [0.4, 0.5) is 0 Å². The second-order valence-electron chi connectivity index (χ2n) is 5.99. The number of esters is 1. The van der Waals surface area contributed by atoms with Crippen molar-refractivity contribution >= 4 is 16.9 Å². The van der Waals surface area contributed by atoms with Crippen molar-refractivity contribution in [2.75, 3.05) is 6.61 Å². The van der Waals surface area contributed by atoms with Crippen LogP contribution in [0.5, 0.6) is 0 Å². The minimum atomic E-state index is -0.427. The van der Waals surface area contributed by atoms with Crippen LogP contribution in [-0.2, 0) is 9.53 Å². The summed E-state index contributed by atoms with van der Waals surface area (Å²) in [6.07, 6.45) is 0.780. The molecule has 1 heterocycles. The van der Waals surface area contributed by atoms with Gasteiger partial charge in [0, 0.05) is 11.6 Å². The summed E-state index contributed by atoms with van der Waals surface area (Å²) in [5.41, 5.74) is 1.97. The molecule has 2 aromatic carbocycles. The molecule has 0 radical (unpaired) electrons. The molecule has 0 spiro atoms. The maximum Gasteiger partial charge on any atom is 0.313 e. The van der Waals surface area contributed by atoms with Gasteiger partial charge < -0.3 is 9.15 Å². The Morgan fingerprint density at radius 1 is 1.12 bits per heavy atom. The second kappa shape index (κ2) is 7.34. The first-order chi connectivity index (χ1) is 12.1. The SMILES string of the molecule is CCCOC(=O)C(C)c1ccc2oc(-c3ccccc3)cc(=O)c2c1. The Balaban J connectivity index is 1.98. The van der Waals surface area contributed by atoms with Gasteiger partial charge in [-0.1, -0.05) is 43.3 Å². The van der Waals surface area contributed by atoms with Crippen LogP contribution in [0, 0.1) is 0 Å². The van der Waals surface area contributed by atoms with Crippen molar-refractivity contribution in [2.24, 2.45) is 0 Å². The first-order valence-electron chi connectivity index (χ1n) is 8.40. The van der Waals surface area contributed by atoms with E-state index in [1.54, 1.807) is 25.1 Å². The fourth-order valence-corrected chi connectivity index (χ4v) is 2.65. The van der Waals surface area contributed by atoms with Gasteiger partial charge in [-0.15, -0.1) is 0 Å². The molecule has 1 atom stereocenters. The van der Waals surface area contributed by atoms with E-state index in [2.05, 4.69) is 0 Å². The fourth-order valence-electron chi connectivity index (χ4n) is 2.65. The maximum absolute atomic E-state index is 12.5. The van der Waals surface area contributed by atoms with Crippen LogP contribution >= 0.6 is 0 Å². The standard InChI is InChI=1S/C21H20O4/c1-3-11-24-21(23)14(2)16-9-10-19-17(12-16)18(22)13-20(25-19)15-7-5-4-6-8-15/h4-10,12-14H,3,11H2,1-2H3.